The van der Waals surface area contributed by atoms with Gasteiger partial charge < -0.3 is 14.2 Å². The van der Waals surface area contributed by atoms with E-state index in [1.165, 1.54) is 36.4 Å². The Labute approximate surface area is 264 Å². The maximum Gasteiger partial charge on any atom is 0.341 e. The molecule has 0 fully saturated rings. The van der Waals surface area contributed by atoms with Crippen LogP contribution in [0, 0.1) is 0 Å². The Hall–Kier alpha value is -3.39. The Morgan fingerprint density at radius 2 is 0.644 bits per heavy atom. The lowest BCUT2D eigenvalue weighted by Gasteiger charge is -2.33. The van der Waals surface area contributed by atoms with Gasteiger partial charge in [-0.3, -0.25) is 0 Å². The number of benzene rings is 1. The smallest absolute Gasteiger partial charge is 0.341 e. The first-order valence-electron chi connectivity index (χ1n) is 14.7. The van der Waals surface area contributed by atoms with Crippen LogP contribution in [0.4, 0.5) is 0 Å². The summed E-state index contributed by atoms with van der Waals surface area (Å²) in [5.41, 5.74) is -6.14. The standard InChI is InChI=1S/C33H42N3O9/c1-28(2)16-22(31(7,8)34(28)40)25(37)43-19-13-20(44-26(38)23-17-29(3,4)35(41)32(23,9)10)15-21(14-19)45-27(39)24-18-30(5,6)36(42)33(24,11)12/h13-18H,1-12H3. The van der Waals surface area contributed by atoms with Crippen LogP contribution in [0.1, 0.15) is 83.1 Å². The Morgan fingerprint density at radius 3 is 0.800 bits per heavy atom. The second kappa shape index (κ2) is 10.6. The van der Waals surface area contributed by atoms with Crippen LogP contribution in [-0.4, -0.2) is 66.3 Å². The number of hydrogen-bond acceptors (Lipinski definition) is 9. The minimum atomic E-state index is -1.20. The molecule has 3 radical (unpaired) electrons. The summed E-state index contributed by atoms with van der Waals surface area (Å²) in [7, 11) is 0. The first-order valence-corrected chi connectivity index (χ1v) is 14.7. The number of hydroxylamine groups is 6. The summed E-state index contributed by atoms with van der Waals surface area (Å²) in [5, 5.41) is 40.9. The molecule has 3 aliphatic rings. The molecule has 4 rings (SSSR count). The van der Waals surface area contributed by atoms with E-state index in [-0.39, 0.29) is 34.0 Å². The Morgan fingerprint density at radius 1 is 0.444 bits per heavy atom. The quantitative estimate of drug-likeness (QED) is 0.320. The topological polar surface area (TPSA) is 148 Å². The lowest BCUT2D eigenvalue weighted by atomic mass is 9.96. The van der Waals surface area contributed by atoms with Gasteiger partial charge in [0.05, 0.1) is 50.0 Å². The lowest BCUT2D eigenvalue weighted by molar-refractivity contribution is -0.238. The molecule has 45 heavy (non-hydrogen) atoms. The SMILES string of the molecule is CC1(C)C=C(C(=O)Oc2cc(OC(=O)C3=CC(C)(C)N([O])C3(C)C)cc(OC(=O)C3=CC(C)(C)N([O])C3(C)C)c2)C(C)(C)N1[O]. The van der Waals surface area contributed by atoms with Crippen molar-refractivity contribution in [1.29, 1.82) is 0 Å². The van der Waals surface area contributed by atoms with Crippen molar-refractivity contribution >= 4 is 17.9 Å². The fourth-order valence-electron chi connectivity index (χ4n) is 6.39. The largest absolute Gasteiger partial charge is 0.423 e. The summed E-state index contributed by atoms with van der Waals surface area (Å²) in [6, 6.07) is 3.79. The third-order valence-electron chi connectivity index (χ3n) is 8.71. The minimum Gasteiger partial charge on any atom is -0.423 e. The molecule has 12 nitrogen and oxygen atoms in total. The highest BCUT2D eigenvalue weighted by Crippen LogP contribution is 2.43. The molecule has 0 amide bonds. The number of carbonyl (C=O) groups excluding carboxylic acids is 3. The molecule has 0 N–H and O–H groups in total. The van der Waals surface area contributed by atoms with Crippen LogP contribution >= 0.6 is 0 Å². The van der Waals surface area contributed by atoms with E-state index in [1.54, 1.807) is 83.1 Å². The molecular formula is C33H42N3O9. The molecule has 0 aromatic heterocycles. The number of carbonyl (C=O) groups is 3. The molecule has 1 aromatic carbocycles. The van der Waals surface area contributed by atoms with Gasteiger partial charge in [-0.2, -0.15) is 0 Å². The molecule has 0 spiro atoms. The Kier molecular flexibility index (Phi) is 8.11. The van der Waals surface area contributed by atoms with Crippen molar-refractivity contribution < 1.29 is 44.2 Å². The zero-order valence-corrected chi connectivity index (χ0v) is 28.0. The predicted octanol–water partition coefficient (Wildman–Crippen LogP) is 4.84. The van der Waals surface area contributed by atoms with Crippen molar-refractivity contribution in [3.05, 3.63) is 53.1 Å². The molecule has 12 heteroatoms. The van der Waals surface area contributed by atoms with E-state index in [2.05, 4.69) is 0 Å². The summed E-state index contributed by atoms with van der Waals surface area (Å²) in [4.78, 5) is 40.1. The molecular weight excluding hydrogens is 582 g/mol. The summed E-state index contributed by atoms with van der Waals surface area (Å²) < 4.78 is 17.0. The van der Waals surface area contributed by atoms with E-state index in [9.17, 15) is 30.0 Å². The molecule has 0 aliphatic carbocycles. The van der Waals surface area contributed by atoms with Crippen LogP contribution in [-0.2, 0) is 30.0 Å². The second-order valence-electron chi connectivity index (χ2n) is 15.0. The van der Waals surface area contributed by atoms with Gasteiger partial charge in [-0.05, 0) is 101 Å². The van der Waals surface area contributed by atoms with E-state index < -0.39 is 51.1 Å². The third kappa shape index (κ3) is 5.86. The number of ether oxygens (including phenoxy) is 3. The number of hydrogen-bond donors (Lipinski definition) is 0. The van der Waals surface area contributed by atoms with E-state index >= 15 is 0 Å². The number of rotatable bonds is 6. The maximum absolute atomic E-state index is 13.4. The molecule has 243 valence electrons. The van der Waals surface area contributed by atoms with Gasteiger partial charge in [0.1, 0.15) is 17.2 Å². The first kappa shape index (κ1) is 34.5. The van der Waals surface area contributed by atoms with Crippen LogP contribution in [0.2, 0.25) is 0 Å². The molecule has 0 saturated carbocycles. The lowest BCUT2D eigenvalue weighted by Crippen LogP contribution is -2.48. The van der Waals surface area contributed by atoms with E-state index in [0.717, 1.165) is 15.2 Å². The summed E-state index contributed by atoms with van der Waals surface area (Å²) in [6.45, 7) is 19.6. The average Bonchev–Trinajstić information content (AvgIpc) is 3.26. The van der Waals surface area contributed by atoms with Crippen molar-refractivity contribution in [2.45, 2.75) is 116 Å². The van der Waals surface area contributed by atoms with Gasteiger partial charge >= 0.3 is 17.9 Å². The Balaban J connectivity index is 1.70. The maximum atomic E-state index is 13.4. The van der Waals surface area contributed by atoms with E-state index in [4.69, 9.17) is 14.2 Å². The zero-order chi connectivity index (χ0) is 34.3. The normalized spacial score (nSPS) is 24.5. The summed E-state index contributed by atoms with van der Waals surface area (Å²) in [5.74, 6) is -2.87. The zero-order valence-electron chi connectivity index (χ0n) is 28.0. The highest BCUT2D eigenvalue weighted by atomic mass is 16.6. The first-order chi connectivity index (χ1) is 20.2. The van der Waals surface area contributed by atoms with Crippen molar-refractivity contribution in [1.82, 2.24) is 15.2 Å². The number of nitrogens with zero attached hydrogens (tertiary/aromatic N) is 3. The van der Waals surface area contributed by atoms with E-state index in [0.29, 0.717) is 0 Å². The van der Waals surface area contributed by atoms with Gasteiger partial charge in [-0.25, -0.2) is 14.4 Å². The van der Waals surface area contributed by atoms with Gasteiger partial charge in [0.25, 0.3) is 0 Å². The van der Waals surface area contributed by atoms with Gasteiger partial charge in [-0.15, -0.1) is 30.8 Å². The van der Waals surface area contributed by atoms with E-state index in [1.807, 2.05) is 0 Å². The highest BCUT2D eigenvalue weighted by Gasteiger charge is 2.52. The van der Waals surface area contributed by atoms with Crippen molar-refractivity contribution in [2.24, 2.45) is 0 Å². The molecule has 0 bridgehead atoms. The molecule has 0 atom stereocenters. The minimum absolute atomic E-state index is 0.120. The fraction of sp³-hybridized carbons (Fsp3) is 0.545. The van der Waals surface area contributed by atoms with Crippen LogP contribution in [0.3, 0.4) is 0 Å². The molecule has 3 aliphatic heterocycles. The van der Waals surface area contributed by atoms with Gasteiger partial charge in [0, 0.05) is 18.2 Å². The predicted molar refractivity (Wildman–Crippen MR) is 160 cm³/mol. The molecule has 0 unspecified atom stereocenters. The van der Waals surface area contributed by atoms with Crippen LogP contribution < -0.4 is 14.2 Å². The summed E-state index contributed by atoms with van der Waals surface area (Å²) >= 11 is 0. The summed E-state index contributed by atoms with van der Waals surface area (Å²) in [6.07, 6.45) is 4.59. The van der Waals surface area contributed by atoms with Gasteiger partial charge in [0.2, 0.25) is 0 Å². The molecule has 0 saturated heterocycles. The van der Waals surface area contributed by atoms with Crippen molar-refractivity contribution in [3.63, 3.8) is 0 Å². The highest BCUT2D eigenvalue weighted by molar-refractivity contribution is 5.95. The number of esters is 3. The van der Waals surface area contributed by atoms with Crippen molar-refractivity contribution in [3.8, 4) is 17.2 Å². The fourth-order valence-corrected chi connectivity index (χ4v) is 6.39. The van der Waals surface area contributed by atoms with Crippen LogP contribution in [0.25, 0.3) is 0 Å². The Bertz CT molecular complexity index is 1350. The molecule has 3 heterocycles. The monoisotopic (exact) mass is 624 g/mol. The van der Waals surface area contributed by atoms with Crippen LogP contribution in [0.15, 0.2) is 53.1 Å². The second-order valence-corrected chi connectivity index (χ2v) is 15.0. The van der Waals surface area contributed by atoms with Gasteiger partial charge in [-0.1, -0.05) is 0 Å². The van der Waals surface area contributed by atoms with Gasteiger partial charge in [0.15, 0.2) is 0 Å². The third-order valence-corrected chi connectivity index (χ3v) is 8.71. The molecule has 1 aromatic rings. The average molecular weight is 625 g/mol. The van der Waals surface area contributed by atoms with Crippen molar-refractivity contribution in [2.75, 3.05) is 0 Å². The van der Waals surface area contributed by atoms with Crippen LogP contribution in [0.5, 0.6) is 17.2 Å².